The summed E-state index contributed by atoms with van der Waals surface area (Å²) >= 11 is 0. The lowest BCUT2D eigenvalue weighted by molar-refractivity contribution is 0.0699. The van der Waals surface area contributed by atoms with Crippen LogP contribution in [0.15, 0.2) is 0 Å². The Morgan fingerprint density at radius 1 is 1.08 bits per heavy atom. The molecule has 0 aromatic heterocycles. The molecule has 0 aromatic carbocycles. The Morgan fingerprint density at radius 2 is 1.65 bits per heavy atom. The summed E-state index contributed by atoms with van der Waals surface area (Å²) < 4.78 is 22.4. The molecule has 156 valence electrons. The predicted octanol–water partition coefficient (Wildman–Crippen LogP) is 2.25. The molecule has 0 saturated heterocycles. The first-order chi connectivity index (χ1) is 12.4. The molecule has 0 aromatic rings. The van der Waals surface area contributed by atoms with Crippen molar-refractivity contribution in [3.8, 4) is 0 Å². The molecule has 0 spiro atoms. The van der Waals surface area contributed by atoms with Gasteiger partial charge in [0.1, 0.15) is 6.23 Å². The van der Waals surface area contributed by atoms with E-state index in [0.717, 1.165) is 6.42 Å². The van der Waals surface area contributed by atoms with Crippen LogP contribution in [0.1, 0.15) is 53.9 Å². The summed E-state index contributed by atoms with van der Waals surface area (Å²) in [4.78, 5) is 11.7. The fourth-order valence-electron chi connectivity index (χ4n) is 2.34. The van der Waals surface area contributed by atoms with E-state index in [-0.39, 0.29) is 12.6 Å². The van der Waals surface area contributed by atoms with Gasteiger partial charge in [-0.15, -0.1) is 0 Å². The summed E-state index contributed by atoms with van der Waals surface area (Å²) in [6, 6.07) is 0.865. The van der Waals surface area contributed by atoms with Crippen LogP contribution < -0.4 is 10.6 Å². The van der Waals surface area contributed by atoms with Gasteiger partial charge in [-0.25, -0.2) is 4.79 Å². The van der Waals surface area contributed by atoms with Crippen molar-refractivity contribution in [1.29, 1.82) is 0 Å². The molecule has 0 heterocycles. The third kappa shape index (κ3) is 11.8. The van der Waals surface area contributed by atoms with E-state index in [1.807, 2.05) is 34.6 Å². The molecule has 0 aliphatic heterocycles. The molecule has 2 atom stereocenters. The number of ether oxygens (including phenoxy) is 1. The minimum Gasteiger partial charge on any atom is -0.449 e. The molecule has 0 radical (unpaired) electrons. The molecular weight excluding hydrogens is 356 g/mol. The van der Waals surface area contributed by atoms with Gasteiger partial charge in [-0.1, -0.05) is 6.92 Å². The highest BCUT2D eigenvalue weighted by atomic mass is 28.4. The van der Waals surface area contributed by atoms with E-state index >= 15 is 0 Å². The topological polar surface area (TPSA) is 98.3 Å². The van der Waals surface area contributed by atoms with Gasteiger partial charge in [-0.05, 0) is 40.5 Å². The van der Waals surface area contributed by atoms with Crippen molar-refractivity contribution in [3.63, 3.8) is 0 Å². The van der Waals surface area contributed by atoms with Crippen molar-refractivity contribution in [2.45, 2.75) is 72.2 Å². The van der Waals surface area contributed by atoms with E-state index in [4.69, 9.17) is 18.0 Å². The van der Waals surface area contributed by atoms with Crippen molar-refractivity contribution in [2.75, 3.05) is 33.0 Å². The molecule has 1 amide bonds. The average molecular weight is 395 g/mol. The van der Waals surface area contributed by atoms with Crippen molar-refractivity contribution in [2.24, 2.45) is 0 Å². The lowest BCUT2D eigenvalue weighted by Crippen LogP contribution is -2.46. The Kier molecular flexibility index (Phi) is 14.9. The highest BCUT2D eigenvalue weighted by Gasteiger charge is 2.39. The monoisotopic (exact) mass is 394 g/mol. The first kappa shape index (κ1) is 25.3. The van der Waals surface area contributed by atoms with Crippen molar-refractivity contribution >= 4 is 14.9 Å². The van der Waals surface area contributed by atoms with Crippen molar-refractivity contribution in [3.05, 3.63) is 0 Å². The molecule has 0 fully saturated rings. The van der Waals surface area contributed by atoms with Gasteiger partial charge in [-0.2, -0.15) is 0 Å². The number of hydrogen-bond donors (Lipinski definition) is 3. The Labute approximate surface area is 159 Å². The Hall–Kier alpha value is -0.713. The third-order valence-corrected chi connectivity index (χ3v) is 6.89. The van der Waals surface area contributed by atoms with Gasteiger partial charge in [0.25, 0.3) is 0 Å². The Balaban J connectivity index is 4.01. The second-order valence-corrected chi connectivity index (χ2v) is 8.66. The Bertz CT molecular complexity index is 345. The molecule has 0 aliphatic carbocycles. The first-order valence-electron chi connectivity index (χ1n) is 9.69. The molecule has 3 N–H and O–H groups in total. The number of hydrogen-bond acceptors (Lipinski definition) is 7. The van der Waals surface area contributed by atoms with Crippen LogP contribution in [-0.4, -0.2) is 65.2 Å². The number of rotatable bonds is 16. The lowest BCUT2D eigenvalue weighted by Gasteiger charge is -2.28. The first-order valence-corrected chi connectivity index (χ1v) is 11.6. The average Bonchev–Trinajstić information content (AvgIpc) is 2.59. The number of carbonyl (C=O) groups excluding carboxylic acids is 1. The number of aliphatic hydroxyl groups is 1. The zero-order valence-electron chi connectivity index (χ0n) is 17.0. The van der Waals surface area contributed by atoms with Crippen LogP contribution in [0, 0.1) is 0 Å². The maximum atomic E-state index is 11.7. The molecule has 9 heteroatoms. The van der Waals surface area contributed by atoms with Gasteiger partial charge in [0, 0.05) is 44.9 Å². The second kappa shape index (κ2) is 15.4. The fourth-order valence-corrected chi connectivity index (χ4v) is 4.95. The molecular formula is C17H38N2O6Si. The van der Waals surface area contributed by atoms with Crippen molar-refractivity contribution in [1.82, 2.24) is 10.6 Å². The van der Waals surface area contributed by atoms with Crippen LogP contribution in [0.5, 0.6) is 0 Å². The van der Waals surface area contributed by atoms with Crippen LogP contribution in [-0.2, 0) is 18.0 Å². The van der Waals surface area contributed by atoms with E-state index in [9.17, 15) is 9.90 Å². The van der Waals surface area contributed by atoms with Gasteiger partial charge in [0.05, 0.1) is 6.61 Å². The number of alkyl carbamates (subject to hydrolysis) is 1. The number of aliphatic hydroxyl groups excluding tert-OH is 1. The highest BCUT2D eigenvalue weighted by molar-refractivity contribution is 6.60. The molecule has 26 heavy (non-hydrogen) atoms. The van der Waals surface area contributed by atoms with E-state index in [1.165, 1.54) is 0 Å². The van der Waals surface area contributed by atoms with Crippen LogP contribution in [0.3, 0.4) is 0 Å². The quantitative estimate of drug-likeness (QED) is 0.210. The van der Waals surface area contributed by atoms with Gasteiger partial charge in [0.2, 0.25) is 0 Å². The number of carbonyl (C=O) groups is 1. The molecule has 8 nitrogen and oxygen atoms in total. The largest absolute Gasteiger partial charge is 0.500 e. The lowest BCUT2D eigenvalue weighted by atomic mass is 10.2. The van der Waals surface area contributed by atoms with Gasteiger partial charge < -0.3 is 28.4 Å². The van der Waals surface area contributed by atoms with Crippen LogP contribution in [0.4, 0.5) is 4.79 Å². The summed E-state index contributed by atoms with van der Waals surface area (Å²) in [6.07, 6.45) is 0.797. The van der Waals surface area contributed by atoms with E-state index in [2.05, 4.69) is 10.6 Å². The highest BCUT2D eigenvalue weighted by Crippen LogP contribution is 2.17. The summed E-state index contributed by atoms with van der Waals surface area (Å²) in [5.41, 5.74) is 0. The number of amides is 1. The standard InChI is InChI=1S/C17H38N2O6Si/c1-6-15(5)19-16(20)11-13-22-17(21)18-12-10-14-26(23-7-2,24-8-3)25-9-4/h15-16,19-20H,6-14H2,1-5H3,(H,18,21). The van der Waals surface area contributed by atoms with Crippen LogP contribution >= 0.6 is 0 Å². The molecule has 2 unspecified atom stereocenters. The number of nitrogens with one attached hydrogen (secondary N) is 2. The fraction of sp³-hybridized carbons (Fsp3) is 0.941. The summed E-state index contributed by atoms with van der Waals surface area (Å²) in [5.74, 6) is 0. The van der Waals surface area contributed by atoms with Crippen LogP contribution in [0.2, 0.25) is 6.04 Å². The third-order valence-electron chi connectivity index (χ3n) is 3.74. The Morgan fingerprint density at radius 3 is 2.15 bits per heavy atom. The zero-order chi connectivity index (χ0) is 19.8. The minimum atomic E-state index is -2.66. The van der Waals surface area contributed by atoms with Gasteiger partial charge in [-0.3, -0.25) is 5.32 Å². The van der Waals surface area contributed by atoms with E-state index < -0.39 is 21.1 Å². The SMILES string of the molecule is CCO[Si](CCCNC(=O)OCCC(O)NC(C)CC)(OCC)OCC. The predicted molar refractivity (Wildman–Crippen MR) is 103 cm³/mol. The normalized spacial score (nSPS) is 14.1. The van der Waals surface area contributed by atoms with Crippen LogP contribution in [0.25, 0.3) is 0 Å². The molecule has 0 saturated carbocycles. The maximum Gasteiger partial charge on any atom is 0.500 e. The van der Waals surface area contributed by atoms with Gasteiger partial charge in [0.15, 0.2) is 0 Å². The second-order valence-electron chi connectivity index (χ2n) is 5.93. The molecule has 0 rings (SSSR count). The summed E-state index contributed by atoms with van der Waals surface area (Å²) in [6.45, 7) is 12.0. The molecule has 0 bridgehead atoms. The smallest absolute Gasteiger partial charge is 0.449 e. The minimum absolute atomic E-state index is 0.159. The summed E-state index contributed by atoms with van der Waals surface area (Å²) in [5, 5.41) is 15.5. The zero-order valence-corrected chi connectivity index (χ0v) is 18.0. The van der Waals surface area contributed by atoms with Gasteiger partial charge >= 0.3 is 14.9 Å². The van der Waals surface area contributed by atoms with E-state index in [1.54, 1.807) is 0 Å². The van der Waals surface area contributed by atoms with Crippen molar-refractivity contribution < 1.29 is 27.9 Å². The summed E-state index contributed by atoms with van der Waals surface area (Å²) in [7, 11) is -2.66. The maximum absolute atomic E-state index is 11.7. The molecule has 0 aliphatic rings. The van der Waals surface area contributed by atoms with E-state index in [0.29, 0.717) is 45.3 Å².